The van der Waals surface area contributed by atoms with E-state index in [2.05, 4.69) is 27.1 Å². The van der Waals surface area contributed by atoms with Crippen molar-refractivity contribution in [3.05, 3.63) is 42.6 Å². The van der Waals surface area contributed by atoms with Gasteiger partial charge in [0.25, 0.3) is 0 Å². The first-order valence-corrected chi connectivity index (χ1v) is 6.55. The van der Waals surface area contributed by atoms with Crippen molar-refractivity contribution in [3.8, 4) is 11.3 Å². The third-order valence-electron chi connectivity index (χ3n) is 2.62. The van der Waals surface area contributed by atoms with E-state index in [9.17, 15) is 0 Å². The molecule has 3 aromatic rings. The van der Waals surface area contributed by atoms with Gasteiger partial charge < -0.3 is 4.98 Å². The number of imidazole rings is 1. The molecule has 3 nitrogen and oxygen atoms in total. The van der Waals surface area contributed by atoms with Crippen molar-refractivity contribution in [2.45, 2.75) is 5.16 Å². The van der Waals surface area contributed by atoms with Crippen LogP contribution in [0, 0.1) is 0 Å². The monoisotopic (exact) mass is 241 g/mol. The van der Waals surface area contributed by atoms with Gasteiger partial charge in [-0.3, -0.25) is 4.98 Å². The summed E-state index contributed by atoms with van der Waals surface area (Å²) in [6, 6.07) is 12.1. The second-order valence-electron chi connectivity index (χ2n) is 3.67. The average molecular weight is 241 g/mol. The second kappa shape index (κ2) is 4.22. The standard InChI is InChI=1S/C13H11N3S/c1-17-13-15-10-7-8-14-11(12(10)16-13)9-5-3-2-4-6-9/h2-8H,1H3,(H,15,16). The molecule has 2 heterocycles. The Morgan fingerprint density at radius 2 is 1.94 bits per heavy atom. The molecule has 0 radical (unpaired) electrons. The van der Waals surface area contributed by atoms with Crippen LogP contribution in [0.1, 0.15) is 0 Å². The molecule has 0 aliphatic carbocycles. The number of aromatic nitrogens is 3. The number of fused-ring (bicyclic) bond motifs is 1. The molecule has 1 aromatic carbocycles. The highest BCUT2D eigenvalue weighted by atomic mass is 32.2. The fourth-order valence-corrected chi connectivity index (χ4v) is 2.21. The summed E-state index contributed by atoms with van der Waals surface area (Å²) < 4.78 is 0. The summed E-state index contributed by atoms with van der Waals surface area (Å²) in [5.74, 6) is 0. The topological polar surface area (TPSA) is 41.6 Å². The van der Waals surface area contributed by atoms with E-state index >= 15 is 0 Å². The van der Waals surface area contributed by atoms with Crippen molar-refractivity contribution in [1.29, 1.82) is 0 Å². The van der Waals surface area contributed by atoms with Crippen molar-refractivity contribution in [1.82, 2.24) is 15.0 Å². The molecule has 0 unspecified atom stereocenters. The Labute approximate surface area is 103 Å². The number of pyridine rings is 1. The summed E-state index contributed by atoms with van der Waals surface area (Å²) in [5, 5.41) is 0.921. The van der Waals surface area contributed by atoms with Crippen LogP contribution in [0.15, 0.2) is 47.8 Å². The molecule has 2 aromatic heterocycles. The highest BCUT2D eigenvalue weighted by molar-refractivity contribution is 7.98. The minimum Gasteiger partial charge on any atom is -0.333 e. The third-order valence-corrected chi connectivity index (χ3v) is 3.20. The smallest absolute Gasteiger partial charge is 0.166 e. The Morgan fingerprint density at radius 3 is 2.71 bits per heavy atom. The second-order valence-corrected chi connectivity index (χ2v) is 4.46. The van der Waals surface area contributed by atoms with Gasteiger partial charge in [-0.2, -0.15) is 0 Å². The highest BCUT2D eigenvalue weighted by Crippen LogP contribution is 2.26. The van der Waals surface area contributed by atoms with Gasteiger partial charge in [-0.05, 0) is 12.3 Å². The fourth-order valence-electron chi connectivity index (χ4n) is 1.82. The lowest BCUT2D eigenvalue weighted by Gasteiger charge is -2.00. The first-order valence-electron chi connectivity index (χ1n) is 5.32. The molecule has 0 saturated carbocycles. The van der Waals surface area contributed by atoms with E-state index in [0.717, 1.165) is 27.4 Å². The summed E-state index contributed by atoms with van der Waals surface area (Å²) in [5.41, 5.74) is 3.99. The maximum absolute atomic E-state index is 4.55. The van der Waals surface area contributed by atoms with E-state index in [0.29, 0.717) is 0 Å². The maximum atomic E-state index is 4.55. The number of rotatable bonds is 2. The molecule has 84 valence electrons. The third kappa shape index (κ3) is 1.80. The number of aromatic amines is 1. The first-order chi connectivity index (χ1) is 8.38. The summed E-state index contributed by atoms with van der Waals surface area (Å²) in [6.07, 6.45) is 3.82. The number of thioether (sulfide) groups is 1. The van der Waals surface area contributed by atoms with Crippen LogP contribution in [0.25, 0.3) is 22.3 Å². The van der Waals surface area contributed by atoms with Crippen molar-refractivity contribution in [3.63, 3.8) is 0 Å². The largest absolute Gasteiger partial charge is 0.333 e. The SMILES string of the molecule is CSc1nc2c(-c3ccccc3)nccc2[nH]1. The van der Waals surface area contributed by atoms with Gasteiger partial charge in [0, 0.05) is 11.8 Å². The van der Waals surface area contributed by atoms with E-state index in [-0.39, 0.29) is 0 Å². The van der Waals surface area contributed by atoms with Crippen LogP contribution in [-0.2, 0) is 0 Å². The van der Waals surface area contributed by atoms with Crippen LogP contribution in [0.2, 0.25) is 0 Å². The Hall–Kier alpha value is -1.81. The van der Waals surface area contributed by atoms with Gasteiger partial charge in [-0.25, -0.2) is 4.98 Å². The number of nitrogens with one attached hydrogen (secondary N) is 1. The van der Waals surface area contributed by atoms with Crippen LogP contribution in [0.3, 0.4) is 0 Å². The average Bonchev–Trinajstić information content (AvgIpc) is 2.82. The van der Waals surface area contributed by atoms with Crippen LogP contribution in [0.4, 0.5) is 0 Å². The molecule has 4 heteroatoms. The van der Waals surface area contributed by atoms with Crippen LogP contribution < -0.4 is 0 Å². The molecule has 1 N–H and O–H groups in total. The Bertz CT molecular complexity index is 646. The first kappa shape index (κ1) is 10.4. The van der Waals surface area contributed by atoms with E-state index in [1.807, 2.05) is 36.7 Å². The van der Waals surface area contributed by atoms with Crippen molar-refractivity contribution < 1.29 is 0 Å². The minimum atomic E-state index is 0.921. The summed E-state index contributed by atoms with van der Waals surface area (Å²) >= 11 is 1.60. The summed E-state index contributed by atoms with van der Waals surface area (Å²) in [4.78, 5) is 12.3. The van der Waals surface area contributed by atoms with Crippen molar-refractivity contribution >= 4 is 22.8 Å². The normalized spacial score (nSPS) is 10.9. The fraction of sp³-hybridized carbons (Fsp3) is 0.0769. The van der Waals surface area contributed by atoms with E-state index < -0.39 is 0 Å². The summed E-state index contributed by atoms with van der Waals surface area (Å²) in [6.45, 7) is 0. The lowest BCUT2D eigenvalue weighted by atomic mass is 10.1. The van der Waals surface area contributed by atoms with E-state index in [1.165, 1.54) is 0 Å². The van der Waals surface area contributed by atoms with Crippen LogP contribution >= 0.6 is 11.8 Å². The van der Waals surface area contributed by atoms with Gasteiger partial charge in [0.15, 0.2) is 5.16 Å². The molecule has 0 bridgehead atoms. The van der Waals surface area contributed by atoms with E-state index in [4.69, 9.17) is 0 Å². The lowest BCUT2D eigenvalue weighted by molar-refractivity contribution is 1.09. The Morgan fingerprint density at radius 1 is 1.12 bits per heavy atom. The molecule has 17 heavy (non-hydrogen) atoms. The molecule has 0 aliphatic heterocycles. The molecule has 0 fully saturated rings. The van der Waals surface area contributed by atoms with Gasteiger partial charge in [0.1, 0.15) is 5.52 Å². The number of nitrogens with zero attached hydrogens (tertiary/aromatic N) is 2. The lowest BCUT2D eigenvalue weighted by Crippen LogP contribution is -1.84. The summed E-state index contributed by atoms with van der Waals surface area (Å²) in [7, 11) is 0. The van der Waals surface area contributed by atoms with Crippen LogP contribution in [0.5, 0.6) is 0 Å². The molecule has 0 saturated heterocycles. The molecule has 0 spiro atoms. The zero-order valence-electron chi connectivity index (χ0n) is 9.34. The van der Waals surface area contributed by atoms with Gasteiger partial charge in [-0.15, -0.1) is 0 Å². The minimum absolute atomic E-state index is 0.921. The number of hydrogen-bond acceptors (Lipinski definition) is 3. The Balaban J connectivity index is 2.26. The highest BCUT2D eigenvalue weighted by Gasteiger charge is 2.09. The zero-order chi connectivity index (χ0) is 11.7. The zero-order valence-corrected chi connectivity index (χ0v) is 10.2. The number of hydrogen-bond donors (Lipinski definition) is 1. The van der Waals surface area contributed by atoms with Crippen LogP contribution in [-0.4, -0.2) is 21.2 Å². The number of H-pyrrole nitrogens is 1. The quantitative estimate of drug-likeness (QED) is 0.699. The molecule has 0 atom stereocenters. The van der Waals surface area contributed by atoms with E-state index in [1.54, 1.807) is 11.8 Å². The molecular formula is C13H11N3S. The van der Waals surface area contributed by atoms with Gasteiger partial charge >= 0.3 is 0 Å². The molecule has 0 amide bonds. The van der Waals surface area contributed by atoms with Gasteiger partial charge in [-0.1, -0.05) is 42.1 Å². The molecule has 3 rings (SSSR count). The maximum Gasteiger partial charge on any atom is 0.166 e. The Kier molecular flexibility index (Phi) is 2.57. The predicted octanol–water partition coefficient (Wildman–Crippen LogP) is 3.35. The molecule has 0 aliphatic rings. The van der Waals surface area contributed by atoms with Crippen molar-refractivity contribution in [2.24, 2.45) is 0 Å². The predicted molar refractivity (Wildman–Crippen MR) is 71.1 cm³/mol. The number of benzene rings is 1. The molecular weight excluding hydrogens is 230 g/mol. The van der Waals surface area contributed by atoms with Crippen molar-refractivity contribution in [2.75, 3.05) is 6.26 Å². The van der Waals surface area contributed by atoms with Gasteiger partial charge in [0.05, 0.1) is 11.2 Å². The van der Waals surface area contributed by atoms with Gasteiger partial charge in [0.2, 0.25) is 0 Å².